The van der Waals surface area contributed by atoms with Gasteiger partial charge in [-0.25, -0.2) is 4.98 Å². The standard InChI is InChI=1S/C37H34F3N3O5/c1-2-3-17-43-30(35(41-36(43)28-7-5-4-6-8-28)27-11-13-29(14-12-27)48-37(38,39)40)22-42(20-25-9-15-31-33(18-25)46-23-44-31)21-26-10-16-32-34(19-26)47-24-45-32/h4-16,18-19H,2-3,17,20-24H2,1H3. The Bertz CT molecular complexity index is 1820. The SMILES string of the molecule is CCCCn1c(-c2ccccc2)nc(-c2ccc(OC(F)(F)F)cc2)c1CN(Cc1ccc2c(c1)OCO2)Cc1ccc2c(c1)OCO2. The first-order valence-corrected chi connectivity index (χ1v) is 15.8. The van der Waals surface area contributed by atoms with Crippen molar-refractivity contribution < 1.29 is 36.9 Å². The third-order valence-corrected chi connectivity index (χ3v) is 8.26. The Morgan fingerprint density at radius 1 is 0.729 bits per heavy atom. The minimum atomic E-state index is -4.78. The first-order valence-electron chi connectivity index (χ1n) is 15.8. The maximum absolute atomic E-state index is 13.0. The third kappa shape index (κ3) is 7.06. The fourth-order valence-corrected chi connectivity index (χ4v) is 6.03. The van der Waals surface area contributed by atoms with Gasteiger partial charge >= 0.3 is 6.36 Å². The van der Waals surface area contributed by atoms with E-state index >= 15 is 0 Å². The van der Waals surface area contributed by atoms with E-state index in [-0.39, 0.29) is 19.3 Å². The Labute approximate surface area is 276 Å². The average molecular weight is 658 g/mol. The van der Waals surface area contributed by atoms with E-state index in [1.165, 1.54) is 12.1 Å². The van der Waals surface area contributed by atoms with Gasteiger partial charge in [-0.05, 0) is 66.1 Å². The molecule has 248 valence electrons. The van der Waals surface area contributed by atoms with Crippen LogP contribution in [0.25, 0.3) is 22.6 Å². The molecule has 11 heteroatoms. The van der Waals surface area contributed by atoms with Gasteiger partial charge in [-0.2, -0.15) is 0 Å². The van der Waals surface area contributed by atoms with Crippen LogP contribution in [-0.4, -0.2) is 34.4 Å². The van der Waals surface area contributed by atoms with Crippen LogP contribution in [-0.2, 0) is 26.2 Å². The molecule has 0 fully saturated rings. The van der Waals surface area contributed by atoms with Crippen molar-refractivity contribution in [2.24, 2.45) is 0 Å². The zero-order chi connectivity index (χ0) is 33.1. The van der Waals surface area contributed by atoms with E-state index in [4.69, 9.17) is 23.9 Å². The van der Waals surface area contributed by atoms with Crippen LogP contribution < -0.4 is 23.7 Å². The minimum absolute atomic E-state index is 0.189. The van der Waals surface area contributed by atoms with Crippen molar-refractivity contribution in [3.8, 4) is 51.4 Å². The molecule has 2 aliphatic heterocycles. The van der Waals surface area contributed by atoms with E-state index in [9.17, 15) is 13.2 Å². The molecule has 0 aliphatic carbocycles. The molecule has 0 N–H and O–H groups in total. The van der Waals surface area contributed by atoms with Gasteiger partial charge in [0, 0.05) is 37.3 Å². The van der Waals surface area contributed by atoms with Crippen LogP contribution >= 0.6 is 0 Å². The minimum Gasteiger partial charge on any atom is -0.454 e. The molecule has 0 radical (unpaired) electrons. The third-order valence-electron chi connectivity index (χ3n) is 8.26. The normalized spacial score (nSPS) is 13.4. The Morgan fingerprint density at radius 3 is 1.92 bits per heavy atom. The van der Waals surface area contributed by atoms with Crippen LogP contribution in [0.15, 0.2) is 91.0 Å². The highest BCUT2D eigenvalue weighted by molar-refractivity contribution is 5.69. The summed E-state index contributed by atoms with van der Waals surface area (Å²) in [5.41, 5.74) is 5.38. The lowest BCUT2D eigenvalue weighted by Gasteiger charge is -2.25. The lowest BCUT2D eigenvalue weighted by molar-refractivity contribution is -0.274. The summed E-state index contributed by atoms with van der Waals surface area (Å²) in [5.74, 6) is 3.36. The Morgan fingerprint density at radius 2 is 1.33 bits per heavy atom. The van der Waals surface area contributed by atoms with Gasteiger partial charge in [-0.1, -0.05) is 55.8 Å². The number of benzene rings is 4. The highest BCUT2D eigenvalue weighted by Crippen LogP contribution is 2.37. The van der Waals surface area contributed by atoms with E-state index in [0.29, 0.717) is 53.9 Å². The number of hydrogen-bond donors (Lipinski definition) is 0. The number of halogens is 3. The highest BCUT2D eigenvalue weighted by atomic mass is 19.4. The topological polar surface area (TPSA) is 67.2 Å². The quantitative estimate of drug-likeness (QED) is 0.133. The summed E-state index contributed by atoms with van der Waals surface area (Å²) in [6.45, 7) is 4.88. The lowest BCUT2D eigenvalue weighted by Crippen LogP contribution is -2.24. The summed E-state index contributed by atoms with van der Waals surface area (Å²) < 4.78 is 67.8. The molecule has 48 heavy (non-hydrogen) atoms. The first kappa shape index (κ1) is 31.4. The highest BCUT2D eigenvalue weighted by Gasteiger charge is 2.31. The van der Waals surface area contributed by atoms with Crippen LogP contribution in [0.5, 0.6) is 28.7 Å². The van der Waals surface area contributed by atoms with Crippen molar-refractivity contribution in [2.45, 2.75) is 52.3 Å². The molecule has 3 heterocycles. The van der Waals surface area contributed by atoms with Crippen molar-refractivity contribution in [3.63, 3.8) is 0 Å². The van der Waals surface area contributed by atoms with Gasteiger partial charge < -0.3 is 28.3 Å². The molecule has 0 spiro atoms. The molecule has 0 bridgehead atoms. The van der Waals surface area contributed by atoms with Crippen molar-refractivity contribution >= 4 is 0 Å². The molecule has 4 aromatic carbocycles. The number of fused-ring (bicyclic) bond motifs is 2. The Kier molecular flexibility index (Phi) is 8.86. The molecule has 5 aromatic rings. The van der Waals surface area contributed by atoms with Crippen LogP contribution in [0.3, 0.4) is 0 Å². The van der Waals surface area contributed by atoms with Gasteiger partial charge in [-0.3, -0.25) is 4.90 Å². The summed E-state index contributed by atoms with van der Waals surface area (Å²) in [6.07, 6.45) is -2.88. The Hall–Kier alpha value is -5.16. The molecule has 0 saturated carbocycles. The molecule has 8 nitrogen and oxygen atoms in total. The predicted molar refractivity (Wildman–Crippen MR) is 173 cm³/mol. The largest absolute Gasteiger partial charge is 0.573 e. The molecule has 2 aliphatic rings. The van der Waals surface area contributed by atoms with Crippen LogP contribution in [0.1, 0.15) is 36.6 Å². The average Bonchev–Trinajstić information content (AvgIpc) is 3.82. The predicted octanol–water partition coefficient (Wildman–Crippen LogP) is 8.58. The molecule has 7 rings (SSSR count). The van der Waals surface area contributed by atoms with E-state index < -0.39 is 6.36 Å². The fraction of sp³-hybridized carbons (Fsp3) is 0.270. The number of unbranched alkanes of at least 4 members (excludes halogenated alkanes) is 1. The van der Waals surface area contributed by atoms with Gasteiger partial charge in [-0.15, -0.1) is 13.2 Å². The van der Waals surface area contributed by atoms with Crippen molar-refractivity contribution in [1.29, 1.82) is 0 Å². The van der Waals surface area contributed by atoms with E-state index in [1.807, 2.05) is 66.7 Å². The van der Waals surface area contributed by atoms with Gasteiger partial charge in [0.05, 0.1) is 11.4 Å². The fourth-order valence-electron chi connectivity index (χ4n) is 6.03. The summed E-state index contributed by atoms with van der Waals surface area (Å²) in [5, 5.41) is 0. The van der Waals surface area contributed by atoms with Crippen LogP contribution in [0, 0.1) is 0 Å². The number of alkyl halides is 3. The number of nitrogens with zero attached hydrogens (tertiary/aromatic N) is 3. The number of hydrogen-bond acceptors (Lipinski definition) is 7. The molecule has 0 saturated heterocycles. The smallest absolute Gasteiger partial charge is 0.454 e. The number of ether oxygens (including phenoxy) is 5. The van der Waals surface area contributed by atoms with Crippen molar-refractivity contribution in [2.75, 3.05) is 13.6 Å². The summed E-state index contributed by atoms with van der Waals surface area (Å²) >= 11 is 0. The van der Waals surface area contributed by atoms with Gasteiger partial charge in [0.25, 0.3) is 0 Å². The lowest BCUT2D eigenvalue weighted by atomic mass is 10.1. The second kappa shape index (κ2) is 13.5. The van der Waals surface area contributed by atoms with Crippen LogP contribution in [0.4, 0.5) is 13.2 Å². The molecule has 0 amide bonds. The molecule has 0 atom stereocenters. The van der Waals surface area contributed by atoms with Crippen molar-refractivity contribution in [1.82, 2.24) is 14.5 Å². The second-order valence-electron chi connectivity index (χ2n) is 11.7. The zero-order valence-corrected chi connectivity index (χ0v) is 26.3. The number of rotatable bonds is 12. The summed E-state index contributed by atoms with van der Waals surface area (Å²) in [7, 11) is 0. The van der Waals surface area contributed by atoms with Gasteiger partial charge in [0.15, 0.2) is 23.0 Å². The monoisotopic (exact) mass is 657 g/mol. The molecule has 0 unspecified atom stereocenters. The van der Waals surface area contributed by atoms with E-state index in [1.54, 1.807) is 12.1 Å². The summed E-state index contributed by atoms with van der Waals surface area (Å²) in [4.78, 5) is 7.48. The van der Waals surface area contributed by atoms with Crippen LogP contribution in [0.2, 0.25) is 0 Å². The maximum atomic E-state index is 13.0. The van der Waals surface area contributed by atoms with Gasteiger partial charge in [0.2, 0.25) is 13.6 Å². The van der Waals surface area contributed by atoms with E-state index in [0.717, 1.165) is 47.6 Å². The first-order chi connectivity index (χ1) is 23.3. The molecule has 1 aromatic heterocycles. The van der Waals surface area contributed by atoms with Crippen molar-refractivity contribution in [3.05, 3.63) is 108 Å². The molecular formula is C37H34F3N3O5. The number of aromatic nitrogens is 2. The zero-order valence-electron chi connectivity index (χ0n) is 26.3. The summed E-state index contributed by atoms with van der Waals surface area (Å²) in [6, 6.07) is 27.8. The second-order valence-corrected chi connectivity index (χ2v) is 11.7. The Balaban J connectivity index is 1.31. The number of imidazole rings is 1. The van der Waals surface area contributed by atoms with Gasteiger partial charge in [0.1, 0.15) is 11.6 Å². The maximum Gasteiger partial charge on any atom is 0.573 e. The van der Waals surface area contributed by atoms with E-state index in [2.05, 4.69) is 21.1 Å². The molecular weight excluding hydrogens is 623 g/mol.